The molecule has 2 aromatic heterocycles. The highest BCUT2D eigenvalue weighted by Gasteiger charge is 2.40. The summed E-state index contributed by atoms with van der Waals surface area (Å²) in [4.78, 5) is 45.4. The molecule has 0 spiro atoms. The van der Waals surface area contributed by atoms with Crippen LogP contribution in [0.3, 0.4) is 0 Å². The van der Waals surface area contributed by atoms with Crippen LogP contribution in [0.4, 0.5) is 19.0 Å². The van der Waals surface area contributed by atoms with Crippen LogP contribution in [0.25, 0.3) is 22.0 Å². The van der Waals surface area contributed by atoms with E-state index in [1.165, 1.54) is 22.0 Å². The van der Waals surface area contributed by atoms with Crippen LogP contribution in [-0.2, 0) is 27.0 Å². The predicted molar refractivity (Wildman–Crippen MR) is 157 cm³/mol. The van der Waals surface area contributed by atoms with Crippen molar-refractivity contribution in [3.8, 4) is 11.1 Å². The highest BCUT2D eigenvalue weighted by atomic mass is 35.5. The molecule has 0 radical (unpaired) electrons. The first kappa shape index (κ1) is 30.4. The molecule has 9 nitrogen and oxygen atoms in total. The number of hydrogen-bond acceptors (Lipinski definition) is 8. The van der Waals surface area contributed by atoms with Gasteiger partial charge in [-0.15, -0.1) is 11.8 Å². The fourth-order valence-electron chi connectivity index (χ4n) is 5.66. The summed E-state index contributed by atoms with van der Waals surface area (Å²) < 4.78 is 51.3. The van der Waals surface area contributed by atoms with Gasteiger partial charge in [-0.1, -0.05) is 18.2 Å². The van der Waals surface area contributed by atoms with Crippen molar-refractivity contribution in [2.75, 3.05) is 30.3 Å². The maximum absolute atomic E-state index is 14.8. The number of carbonyl (C=O) groups excluding carboxylic acids is 2. The number of alkyl halides is 3. The van der Waals surface area contributed by atoms with E-state index in [0.717, 1.165) is 17.8 Å². The van der Waals surface area contributed by atoms with E-state index in [2.05, 4.69) is 11.6 Å². The number of ether oxygens (including phenoxy) is 1. The number of hydrogen-bond donors (Lipinski definition) is 1. The monoisotopic (exact) mass is 641 g/mol. The molecule has 2 amide bonds. The summed E-state index contributed by atoms with van der Waals surface area (Å²) >= 11 is 8.65. The number of thiophene rings is 1. The smallest absolute Gasteiger partial charge is 0.368 e. The van der Waals surface area contributed by atoms with Gasteiger partial charge < -0.3 is 20.3 Å². The minimum atomic E-state index is -4.77. The lowest BCUT2D eigenvalue weighted by Gasteiger charge is -2.44. The number of benzene rings is 1. The number of amides is 2. The van der Waals surface area contributed by atoms with Gasteiger partial charge in [-0.2, -0.15) is 29.5 Å². The second-order valence-electron chi connectivity index (χ2n) is 10.2. The number of piperazine rings is 1. The molecule has 0 saturated carbocycles. The maximum atomic E-state index is 14.8. The maximum Gasteiger partial charge on any atom is 0.417 e. The highest BCUT2D eigenvalue weighted by Crippen LogP contribution is 2.50. The average molecular weight is 642 g/mol. The summed E-state index contributed by atoms with van der Waals surface area (Å²) in [6.07, 6.45) is -4.26. The van der Waals surface area contributed by atoms with E-state index in [-0.39, 0.29) is 81.1 Å². The molecule has 3 aromatic rings. The zero-order chi connectivity index (χ0) is 30.5. The van der Waals surface area contributed by atoms with Gasteiger partial charge in [0.2, 0.25) is 11.8 Å². The van der Waals surface area contributed by atoms with Gasteiger partial charge in [0.15, 0.2) is 0 Å². The zero-order valence-electron chi connectivity index (χ0n) is 22.6. The van der Waals surface area contributed by atoms with Crippen LogP contribution in [0.2, 0.25) is 5.02 Å². The van der Waals surface area contributed by atoms with Crippen molar-refractivity contribution in [1.29, 1.82) is 0 Å². The summed E-state index contributed by atoms with van der Waals surface area (Å²) in [5.41, 5.74) is 4.00. The number of anilines is 1. The van der Waals surface area contributed by atoms with Gasteiger partial charge in [0.1, 0.15) is 12.4 Å². The Balaban J connectivity index is 1.78. The molecule has 1 aromatic carbocycles. The third-order valence-electron chi connectivity index (χ3n) is 7.30. The molecule has 3 atom stereocenters. The van der Waals surface area contributed by atoms with Crippen molar-refractivity contribution in [1.82, 2.24) is 14.5 Å². The number of aromatic nitrogens is 2. The molecule has 1 saturated heterocycles. The van der Waals surface area contributed by atoms with Crippen molar-refractivity contribution < 1.29 is 27.5 Å². The lowest BCUT2D eigenvalue weighted by Crippen LogP contribution is -2.58. The highest BCUT2D eigenvalue weighted by molar-refractivity contribution is 7.99. The third kappa shape index (κ3) is 5.52. The van der Waals surface area contributed by atoms with Crippen LogP contribution in [-0.4, -0.2) is 69.9 Å². The van der Waals surface area contributed by atoms with Gasteiger partial charge in [-0.3, -0.25) is 14.2 Å². The molecule has 0 aliphatic carbocycles. The number of nitrogens with zero attached hydrogens (tertiary/aromatic N) is 4. The van der Waals surface area contributed by atoms with Crippen LogP contribution < -0.4 is 16.3 Å². The summed E-state index contributed by atoms with van der Waals surface area (Å²) in [6.45, 7) is 7.22. The Morgan fingerprint density at radius 3 is 2.50 bits per heavy atom. The van der Waals surface area contributed by atoms with E-state index < -0.39 is 36.0 Å². The lowest BCUT2D eigenvalue weighted by molar-refractivity contribution is -0.137. The fourth-order valence-corrected chi connectivity index (χ4v) is 8.00. The summed E-state index contributed by atoms with van der Waals surface area (Å²) in [5.74, 6) is -0.727. The Morgan fingerprint density at radius 2 is 1.93 bits per heavy atom. The third-order valence-corrected chi connectivity index (χ3v) is 9.71. The Bertz CT molecular complexity index is 1630. The van der Waals surface area contributed by atoms with Crippen LogP contribution in [0.5, 0.6) is 0 Å². The van der Waals surface area contributed by atoms with E-state index >= 15 is 0 Å². The molecule has 2 aliphatic rings. The van der Waals surface area contributed by atoms with E-state index in [1.807, 2.05) is 13.8 Å². The van der Waals surface area contributed by atoms with Crippen molar-refractivity contribution >= 4 is 63.2 Å². The molecular weight excluding hydrogens is 615 g/mol. The van der Waals surface area contributed by atoms with Crippen molar-refractivity contribution in [3.05, 3.63) is 50.6 Å². The summed E-state index contributed by atoms with van der Waals surface area (Å²) in [7, 11) is 0. The average Bonchev–Trinajstić information content (AvgIpc) is 3.23. The van der Waals surface area contributed by atoms with Gasteiger partial charge in [0.05, 0.1) is 28.8 Å². The van der Waals surface area contributed by atoms with Crippen molar-refractivity contribution in [2.24, 2.45) is 5.73 Å². The van der Waals surface area contributed by atoms with Gasteiger partial charge in [-0.25, -0.2) is 4.79 Å². The van der Waals surface area contributed by atoms with E-state index in [9.17, 15) is 27.6 Å². The van der Waals surface area contributed by atoms with Gasteiger partial charge in [0.25, 0.3) is 0 Å². The molecule has 15 heteroatoms. The Hall–Kier alpha value is -3.07. The van der Waals surface area contributed by atoms with Crippen LogP contribution >= 0.6 is 34.7 Å². The summed E-state index contributed by atoms with van der Waals surface area (Å²) in [6, 6.07) is 0.364. The molecule has 42 heavy (non-hydrogen) atoms. The molecule has 1 unspecified atom stereocenters. The topological polar surface area (TPSA) is 111 Å². The van der Waals surface area contributed by atoms with Crippen molar-refractivity contribution in [3.63, 3.8) is 0 Å². The van der Waals surface area contributed by atoms with Crippen LogP contribution in [0.15, 0.2) is 39.2 Å². The zero-order valence-corrected chi connectivity index (χ0v) is 25.0. The number of nitrogens with two attached hydrogens (primary N) is 1. The molecule has 2 N–H and O–H groups in total. The first-order valence-electron chi connectivity index (χ1n) is 12.9. The second kappa shape index (κ2) is 11.5. The molecule has 0 bridgehead atoms. The minimum Gasteiger partial charge on any atom is -0.368 e. The fraction of sp³-hybridized carbons (Fsp3) is 0.407. The molecular formula is C27H27ClF3N5O4S2. The number of halogens is 4. The molecule has 4 heterocycles. The molecule has 224 valence electrons. The minimum absolute atomic E-state index is 0.0491. The first-order valence-corrected chi connectivity index (χ1v) is 15.3. The van der Waals surface area contributed by atoms with Crippen LogP contribution in [0.1, 0.15) is 19.4 Å². The van der Waals surface area contributed by atoms with Crippen molar-refractivity contribution in [2.45, 2.75) is 49.7 Å². The number of primary amides is 1. The van der Waals surface area contributed by atoms with Crippen LogP contribution in [0, 0.1) is 0 Å². The van der Waals surface area contributed by atoms with Gasteiger partial charge in [0, 0.05) is 63.1 Å². The largest absolute Gasteiger partial charge is 0.417 e. The van der Waals surface area contributed by atoms with E-state index in [1.54, 1.807) is 20.6 Å². The standard InChI is InChI=1S/C27H27ClF3N5O4S2/c1-4-21(38)36-13(2)6-34(7-14(36)3)25-16-5-18(27(29,30)31)22(17-11-41-12-19(17)28)24-23(16)35(26(39)33-25)8-15(10-42-24)40-9-20(32)37/h4-5,11-15H,1,6-10H2,2-3H3,(H2,32,37)/t13-,14+,15?. The quantitative estimate of drug-likeness (QED) is 0.398. The number of thioether (sulfide) groups is 1. The molecule has 5 rings (SSSR count). The molecule has 1 fully saturated rings. The second-order valence-corrected chi connectivity index (χ2v) is 12.4. The van der Waals surface area contributed by atoms with E-state index in [4.69, 9.17) is 22.1 Å². The van der Waals surface area contributed by atoms with Gasteiger partial charge in [-0.05, 0) is 26.0 Å². The predicted octanol–water partition coefficient (Wildman–Crippen LogP) is 4.39. The van der Waals surface area contributed by atoms with Gasteiger partial charge >= 0.3 is 11.9 Å². The van der Waals surface area contributed by atoms with E-state index in [0.29, 0.717) is 0 Å². The Morgan fingerprint density at radius 1 is 1.24 bits per heavy atom. The normalized spacial score (nSPS) is 21.0. The SMILES string of the molecule is C=CC(=O)N1[C@H](C)CN(c2nc(=O)n3c4c(c(-c5cscc5Cl)c(C(F)(F)F)cc24)SCC(OCC(N)=O)C3)C[C@@H]1C. The lowest BCUT2D eigenvalue weighted by atomic mass is 9.97. The Kier molecular flexibility index (Phi) is 8.36. The first-order chi connectivity index (χ1) is 19.8. The Labute approximate surface area is 252 Å². The molecule has 2 aliphatic heterocycles. The number of carbonyl (C=O) groups is 2. The summed E-state index contributed by atoms with van der Waals surface area (Å²) in [5, 5.41) is 3.39. The number of rotatable bonds is 6.